The molecule has 0 aromatic heterocycles. The van der Waals surface area contributed by atoms with Crippen LogP contribution in [0.5, 0.6) is 0 Å². The molecule has 1 aliphatic heterocycles. The SMILES string of the molecule is CNC(=O)C1(Cc2cccc(-c3ccccc3)c2)CN(C(=O)Cc2ccccc2F)CCO1. The Morgan fingerprint density at radius 3 is 2.48 bits per heavy atom. The highest BCUT2D eigenvalue weighted by atomic mass is 19.1. The predicted octanol–water partition coefficient (Wildman–Crippen LogP) is 3.62. The molecule has 2 amide bonds. The van der Waals surface area contributed by atoms with Crippen molar-refractivity contribution in [2.75, 3.05) is 26.7 Å². The summed E-state index contributed by atoms with van der Waals surface area (Å²) in [4.78, 5) is 27.6. The zero-order chi connectivity index (χ0) is 23.3. The molecule has 4 rings (SSSR count). The minimum absolute atomic E-state index is 0.0556. The number of hydrogen-bond acceptors (Lipinski definition) is 3. The lowest BCUT2D eigenvalue weighted by molar-refractivity contribution is -0.165. The molecule has 3 aromatic rings. The Bertz CT molecular complexity index is 1130. The summed E-state index contributed by atoms with van der Waals surface area (Å²) in [6.07, 6.45) is 0.261. The molecule has 1 heterocycles. The van der Waals surface area contributed by atoms with Crippen LogP contribution < -0.4 is 5.32 Å². The number of amides is 2. The average Bonchev–Trinajstić information content (AvgIpc) is 2.85. The van der Waals surface area contributed by atoms with E-state index in [1.54, 1.807) is 30.1 Å². The molecular weight excluding hydrogens is 419 g/mol. The molecule has 1 unspecified atom stereocenters. The largest absolute Gasteiger partial charge is 0.361 e. The van der Waals surface area contributed by atoms with Gasteiger partial charge in [-0.3, -0.25) is 9.59 Å². The van der Waals surface area contributed by atoms with Crippen LogP contribution in [0.15, 0.2) is 78.9 Å². The van der Waals surface area contributed by atoms with Crippen LogP contribution in [0.4, 0.5) is 4.39 Å². The molecule has 1 N–H and O–H groups in total. The van der Waals surface area contributed by atoms with Crippen LogP contribution in [-0.2, 0) is 27.2 Å². The van der Waals surface area contributed by atoms with Crippen LogP contribution in [0, 0.1) is 5.82 Å². The zero-order valence-corrected chi connectivity index (χ0v) is 18.6. The highest BCUT2D eigenvalue weighted by Crippen LogP contribution is 2.27. The molecule has 1 saturated heterocycles. The van der Waals surface area contributed by atoms with Gasteiger partial charge in [0.05, 0.1) is 19.6 Å². The van der Waals surface area contributed by atoms with Gasteiger partial charge < -0.3 is 15.0 Å². The van der Waals surface area contributed by atoms with E-state index in [4.69, 9.17) is 4.74 Å². The predicted molar refractivity (Wildman–Crippen MR) is 125 cm³/mol. The number of hydrogen-bond donors (Lipinski definition) is 1. The zero-order valence-electron chi connectivity index (χ0n) is 18.6. The second-order valence-corrected chi connectivity index (χ2v) is 8.25. The molecule has 33 heavy (non-hydrogen) atoms. The van der Waals surface area contributed by atoms with Crippen molar-refractivity contribution in [3.8, 4) is 11.1 Å². The van der Waals surface area contributed by atoms with Gasteiger partial charge in [0, 0.05) is 20.0 Å². The maximum Gasteiger partial charge on any atom is 0.254 e. The quantitative estimate of drug-likeness (QED) is 0.629. The summed E-state index contributed by atoms with van der Waals surface area (Å²) in [5, 5.41) is 2.70. The monoisotopic (exact) mass is 446 g/mol. The fourth-order valence-corrected chi connectivity index (χ4v) is 4.29. The maximum absolute atomic E-state index is 14.1. The molecule has 1 fully saturated rings. The number of carbonyl (C=O) groups excluding carboxylic acids is 2. The van der Waals surface area contributed by atoms with Crippen LogP contribution in [-0.4, -0.2) is 49.1 Å². The lowest BCUT2D eigenvalue weighted by atomic mass is 9.89. The second-order valence-electron chi connectivity index (χ2n) is 8.25. The molecule has 0 radical (unpaired) electrons. The number of carbonyl (C=O) groups is 2. The van der Waals surface area contributed by atoms with Crippen molar-refractivity contribution in [3.05, 3.63) is 95.8 Å². The summed E-state index contributed by atoms with van der Waals surface area (Å²) in [7, 11) is 1.56. The van der Waals surface area contributed by atoms with E-state index in [1.165, 1.54) is 6.07 Å². The first-order valence-electron chi connectivity index (χ1n) is 11.0. The van der Waals surface area contributed by atoms with Gasteiger partial charge in [0.25, 0.3) is 5.91 Å². The Balaban J connectivity index is 1.57. The third-order valence-corrected chi connectivity index (χ3v) is 6.00. The lowest BCUT2D eigenvalue weighted by Gasteiger charge is -2.41. The number of ether oxygens (including phenoxy) is 1. The van der Waals surface area contributed by atoms with Crippen LogP contribution in [0.3, 0.4) is 0 Å². The van der Waals surface area contributed by atoms with E-state index in [-0.39, 0.29) is 31.4 Å². The number of rotatable bonds is 6. The Kier molecular flexibility index (Phi) is 6.84. The van der Waals surface area contributed by atoms with Crippen molar-refractivity contribution in [3.63, 3.8) is 0 Å². The molecule has 1 atom stereocenters. The van der Waals surface area contributed by atoms with Crippen LogP contribution >= 0.6 is 0 Å². The summed E-state index contributed by atoms with van der Waals surface area (Å²) in [5.74, 6) is -0.917. The Morgan fingerprint density at radius 1 is 1.00 bits per heavy atom. The fraction of sp³-hybridized carbons (Fsp3) is 0.259. The van der Waals surface area contributed by atoms with Crippen molar-refractivity contribution in [2.45, 2.75) is 18.4 Å². The van der Waals surface area contributed by atoms with Gasteiger partial charge in [0.2, 0.25) is 5.91 Å². The second kappa shape index (κ2) is 9.96. The topological polar surface area (TPSA) is 58.6 Å². The fourth-order valence-electron chi connectivity index (χ4n) is 4.29. The van der Waals surface area contributed by atoms with Crippen molar-refractivity contribution in [1.29, 1.82) is 0 Å². The van der Waals surface area contributed by atoms with E-state index in [0.717, 1.165) is 16.7 Å². The first kappa shape index (κ1) is 22.7. The summed E-state index contributed by atoms with van der Waals surface area (Å²) in [5.41, 5.74) is 2.19. The number of nitrogens with one attached hydrogen (secondary N) is 1. The summed E-state index contributed by atoms with van der Waals surface area (Å²) in [6.45, 7) is 0.695. The minimum Gasteiger partial charge on any atom is -0.361 e. The van der Waals surface area contributed by atoms with Gasteiger partial charge in [-0.15, -0.1) is 0 Å². The molecule has 1 aliphatic rings. The van der Waals surface area contributed by atoms with E-state index in [0.29, 0.717) is 18.5 Å². The number of morpholine rings is 1. The van der Waals surface area contributed by atoms with Gasteiger partial charge in [-0.2, -0.15) is 0 Å². The number of benzene rings is 3. The molecule has 0 spiro atoms. The van der Waals surface area contributed by atoms with E-state index >= 15 is 0 Å². The first-order chi connectivity index (χ1) is 16.0. The van der Waals surface area contributed by atoms with Crippen molar-refractivity contribution < 1.29 is 18.7 Å². The molecule has 5 nitrogen and oxygen atoms in total. The van der Waals surface area contributed by atoms with E-state index < -0.39 is 11.4 Å². The molecule has 6 heteroatoms. The third kappa shape index (κ3) is 5.12. The standard InChI is InChI=1S/C27H27FN2O3/c1-29-26(32)27(18-20-8-7-12-22(16-20)21-9-3-2-4-10-21)19-30(14-15-33-27)25(31)17-23-11-5-6-13-24(23)28/h2-13,16H,14-15,17-19H2,1H3,(H,29,32). The molecule has 3 aromatic carbocycles. The van der Waals surface area contributed by atoms with Crippen molar-refractivity contribution in [2.24, 2.45) is 0 Å². The molecular formula is C27H27FN2O3. The van der Waals surface area contributed by atoms with Gasteiger partial charge in [-0.05, 0) is 28.3 Å². The van der Waals surface area contributed by atoms with E-state index in [1.807, 2.05) is 54.6 Å². The van der Waals surface area contributed by atoms with E-state index in [2.05, 4.69) is 5.32 Å². The van der Waals surface area contributed by atoms with Gasteiger partial charge in [-0.25, -0.2) is 4.39 Å². The van der Waals surface area contributed by atoms with Crippen molar-refractivity contribution in [1.82, 2.24) is 10.2 Å². The first-order valence-corrected chi connectivity index (χ1v) is 11.0. The lowest BCUT2D eigenvalue weighted by Crippen LogP contribution is -2.61. The number of halogens is 1. The van der Waals surface area contributed by atoms with Gasteiger partial charge >= 0.3 is 0 Å². The van der Waals surface area contributed by atoms with Crippen LogP contribution in [0.2, 0.25) is 0 Å². The third-order valence-electron chi connectivity index (χ3n) is 6.00. The highest BCUT2D eigenvalue weighted by Gasteiger charge is 2.44. The van der Waals surface area contributed by atoms with E-state index in [9.17, 15) is 14.0 Å². The van der Waals surface area contributed by atoms with Gasteiger partial charge in [0.15, 0.2) is 5.60 Å². The Morgan fingerprint density at radius 2 is 1.73 bits per heavy atom. The minimum atomic E-state index is -1.22. The average molecular weight is 447 g/mol. The highest BCUT2D eigenvalue weighted by molar-refractivity contribution is 5.87. The molecule has 0 saturated carbocycles. The molecule has 170 valence electrons. The smallest absolute Gasteiger partial charge is 0.254 e. The van der Waals surface area contributed by atoms with Gasteiger partial charge in [-0.1, -0.05) is 72.8 Å². The summed E-state index contributed by atoms with van der Waals surface area (Å²) >= 11 is 0. The Labute approximate surface area is 193 Å². The normalized spacial score (nSPS) is 18.1. The van der Waals surface area contributed by atoms with Gasteiger partial charge in [0.1, 0.15) is 5.82 Å². The van der Waals surface area contributed by atoms with Crippen LogP contribution in [0.25, 0.3) is 11.1 Å². The summed E-state index contributed by atoms with van der Waals surface area (Å²) < 4.78 is 20.1. The van der Waals surface area contributed by atoms with Crippen LogP contribution in [0.1, 0.15) is 11.1 Å². The number of nitrogens with zero attached hydrogens (tertiary/aromatic N) is 1. The molecule has 0 aliphatic carbocycles. The number of likely N-dealkylation sites (N-methyl/N-ethyl adjacent to an activating group) is 1. The Hall–Kier alpha value is -3.51. The maximum atomic E-state index is 14.1. The van der Waals surface area contributed by atoms with Crippen molar-refractivity contribution >= 4 is 11.8 Å². The molecule has 0 bridgehead atoms. The summed E-state index contributed by atoms with van der Waals surface area (Å²) in [6, 6.07) is 24.2.